The van der Waals surface area contributed by atoms with Crippen molar-refractivity contribution in [2.24, 2.45) is 4.99 Å². The number of piperazine rings is 1. The lowest BCUT2D eigenvalue weighted by Crippen LogP contribution is -2.46. The molecule has 5 rings (SSSR count). The summed E-state index contributed by atoms with van der Waals surface area (Å²) in [7, 11) is 3.11. The molecule has 1 unspecified atom stereocenters. The minimum atomic E-state index is -0.495. The van der Waals surface area contributed by atoms with Crippen LogP contribution in [-0.4, -0.2) is 74.1 Å². The molecule has 3 heterocycles. The van der Waals surface area contributed by atoms with E-state index in [0.717, 1.165) is 78.7 Å². The molecule has 4 aromatic rings. The molecule has 0 aliphatic carbocycles. The van der Waals surface area contributed by atoms with Crippen LogP contribution in [0.2, 0.25) is 0 Å². The molecule has 0 bridgehead atoms. The van der Waals surface area contributed by atoms with Gasteiger partial charge in [-0.05, 0) is 61.3 Å². The Morgan fingerprint density at radius 1 is 1.19 bits per heavy atom. The maximum absolute atomic E-state index is 11.7. The molecule has 0 amide bonds. The van der Waals surface area contributed by atoms with E-state index < -0.39 is 12.1 Å². The number of furan rings is 1. The number of anilines is 1. The number of nitrogens with one attached hydrogen (secondary N) is 1. The van der Waals surface area contributed by atoms with Crippen LogP contribution < -0.4 is 4.90 Å². The normalized spacial score (nSPS) is 15.8. The van der Waals surface area contributed by atoms with Crippen LogP contribution in [-0.2, 0) is 4.74 Å². The summed E-state index contributed by atoms with van der Waals surface area (Å²) in [5, 5.41) is 12.8. The van der Waals surface area contributed by atoms with Gasteiger partial charge in [0.2, 0.25) is 5.76 Å². The number of aliphatic hydroxyl groups is 1. The van der Waals surface area contributed by atoms with Crippen molar-refractivity contribution in [3.8, 4) is 0 Å². The monoisotopic (exact) mass is 488 g/mol. The highest BCUT2D eigenvalue weighted by atomic mass is 16.5. The van der Waals surface area contributed by atoms with Crippen molar-refractivity contribution >= 4 is 39.7 Å². The number of methoxy groups -OCH3 is 1. The molecule has 0 saturated carbocycles. The molecular weight excluding hydrogens is 456 g/mol. The van der Waals surface area contributed by atoms with Crippen molar-refractivity contribution in [3.05, 3.63) is 65.5 Å². The first-order chi connectivity index (χ1) is 17.6. The van der Waals surface area contributed by atoms with Gasteiger partial charge >= 0.3 is 5.97 Å². The summed E-state index contributed by atoms with van der Waals surface area (Å²) >= 11 is 0. The zero-order valence-electron chi connectivity index (χ0n) is 20.7. The smallest absolute Gasteiger partial charge is 0.373 e. The molecule has 8 heteroatoms. The van der Waals surface area contributed by atoms with Gasteiger partial charge in [-0.3, -0.25) is 9.89 Å². The molecule has 1 atom stereocenters. The summed E-state index contributed by atoms with van der Waals surface area (Å²) in [6.07, 6.45) is 4.91. The molecule has 188 valence electrons. The largest absolute Gasteiger partial charge is 0.463 e. The first-order valence-corrected chi connectivity index (χ1v) is 12.4. The summed E-state index contributed by atoms with van der Waals surface area (Å²) in [6, 6.07) is 13.9. The number of hydrogen-bond donors (Lipinski definition) is 2. The number of aliphatic hydroxyl groups excluding tert-OH is 1. The molecule has 8 nitrogen and oxygen atoms in total. The van der Waals surface area contributed by atoms with Gasteiger partial charge in [0.25, 0.3) is 0 Å². The average molecular weight is 489 g/mol. The third-order valence-corrected chi connectivity index (χ3v) is 6.95. The number of fused-ring (bicyclic) bond motifs is 2. The van der Waals surface area contributed by atoms with Crippen LogP contribution in [0.4, 0.5) is 5.69 Å². The van der Waals surface area contributed by atoms with Gasteiger partial charge in [0.05, 0.1) is 13.2 Å². The zero-order chi connectivity index (χ0) is 25.1. The SMILES string of the molecule is CN=Cc1ccc2[nH]cc(C(O)CCCN3CCN(c4ccc5oc(C(=O)OC)cc5c4)CC3)c2c1. The van der Waals surface area contributed by atoms with E-state index in [9.17, 15) is 9.90 Å². The van der Waals surface area contributed by atoms with Gasteiger partial charge in [0, 0.05) is 73.2 Å². The number of carbonyl (C=O) groups excluding carboxylic acids is 1. The number of ether oxygens (including phenoxy) is 1. The highest BCUT2D eigenvalue weighted by Gasteiger charge is 2.20. The highest BCUT2D eigenvalue weighted by molar-refractivity contribution is 5.93. The van der Waals surface area contributed by atoms with Crippen LogP contribution in [0.5, 0.6) is 0 Å². The number of aromatic amines is 1. The minimum Gasteiger partial charge on any atom is -0.463 e. The standard InChI is InChI=1S/C28H32N4O4/c1-29-17-19-5-7-24-22(14-19)23(18-30-24)25(33)4-3-9-31-10-12-32(13-11-31)21-6-8-26-20(15-21)16-27(36-26)28(34)35-2/h5-8,14-18,25,30,33H,3-4,9-13H2,1-2H3. The number of carbonyl (C=O) groups is 1. The lowest BCUT2D eigenvalue weighted by Gasteiger charge is -2.36. The summed E-state index contributed by atoms with van der Waals surface area (Å²) < 4.78 is 10.3. The van der Waals surface area contributed by atoms with E-state index >= 15 is 0 Å². The molecule has 1 aliphatic rings. The second-order valence-corrected chi connectivity index (χ2v) is 9.25. The molecule has 2 aromatic heterocycles. The quantitative estimate of drug-likeness (QED) is 0.282. The number of aliphatic imine (C=N–C) groups is 1. The fourth-order valence-electron chi connectivity index (χ4n) is 4.99. The summed E-state index contributed by atoms with van der Waals surface area (Å²) in [5.41, 5.74) is 4.82. The number of esters is 1. The maximum atomic E-state index is 11.7. The van der Waals surface area contributed by atoms with E-state index in [2.05, 4.69) is 31.9 Å². The Labute approximate surface area is 210 Å². The lowest BCUT2D eigenvalue weighted by atomic mass is 10.0. The first-order valence-electron chi connectivity index (χ1n) is 12.4. The molecule has 2 N–H and O–H groups in total. The average Bonchev–Trinajstić information content (AvgIpc) is 3.52. The van der Waals surface area contributed by atoms with Crippen molar-refractivity contribution in [1.82, 2.24) is 9.88 Å². The zero-order valence-corrected chi connectivity index (χ0v) is 20.7. The first kappa shape index (κ1) is 24.1. The van der Waals surface area contributed by atoms with Crippen LogP contribution in [0, 0.1) is 0 Å². The van der Waals surface area contributed by atoms with E-state index in [1.54, 1.807) is 13.1 Å². The number of benzene rings is 2. The number of hydrogen-bond acceptors (Lipinski definition) is 7. The number of H-pyrrole nitrogens is 1. The van der Waals surface area contributed by atoms with Gasteiger partial charge in [0.15, 0.2) is 0 Å². The van der Waals surface area contributed by atoms with Crippen molar-refractivity contribution in [1.29, 1.82) is 0 Å². The summed E-state index contributed by atoms with van der Waals surface area (Å²) in [4.78, 5) is 23.9. The van der Waals surface area contributed by atoms with Crippen LogP contribution in [0.25, 0.3) is 21.9 Å². The summed E-state index contributed by atoms with van der Waals surface area (Å²) in [6.45, 7) is 4.77. The Bertz CT molecular complexity index is 1380. The number of rotatable bonds is 8. The van der Waals surface area contributed by atoms with Crippen molar-refractivity contribution in [2.75, 3.05) is 51.8 Å². The second kappa shape index (κ2) is 10.6. The molecule has 36 heavy (non-hydrogen) atoms. The molecule has 0 radical (unpaired) electrons. The van der Waals surface area contributed by atoms with Gasteiger partial charge in [-0.15, -0.1) is 0 Å². The third kappa shape index (κ3) is 5.01. The predicted octanol–water partition coefficient (Wildman–Crippen LogP) is 4.39. The van der Waals surface area contributed by atoms with Gasteiger partial charge in [-0.2, -0.15) is 0 Å². The second-order valence-electron chi connectivity index (χ2n) is 9.25. The molecule has 2 aromatic carbocycles. The fraction of sp³-hybridized carbons (Fsp3) is 0.357. The van der Waals surface area contributed by atoms with Crippen LogP contribution >= 0.6 is 0 Å². The highest BCUT2D eigenvalue weighted by Crippen LogP contribution is 2.29. The topological polar surface area (TPSA) is 94.3 Å². The van der Waals surface area contributed by atoms with Gasteiger partial charge < -0.3 is 24.1 Å². The Hall–Kier alpha value is -3.62. The van der Waals surface area contributed by atoms with Gasteiger partial charge in [-0.1, -0.05) is 6.07 Å². The van der Waals surface area contributed by atoms with Crippen molar-refractivity contribution < 1.29 is 19.1 Å². The minimum absolute atomic E-state index is 0.222. The van der Waals surface area contributed by atoms with Crippen molar-refractivity contribution in [2.45, 2.75) is 18.9 Å². The molecule has 1 fully saturated rings. The van der Waals surface area contributed by atoms with E-state index in [1.807, 2.05) is 36.7 Å². The third-order valence-electron chi connectivity index (χ3n) is 6.95. The predicted molar refractivity (Wildman–Crippen MR) is 142 cm³/mol. The van der Waals surface area contributed by atoms with Crippen LogP contribution in [0.3, 0.4) is 0 Å². The lowest BCUT2D eigenvalue weighted by molar-refractivity contribution is 0.0567. The maximum Gasteiger partial charge on any atom is 0.373 e. The fourth-order valence-corrected chi connectivity index (χ4v) is 4.99. The Morgan fingerprint density at radius 3 is 2.81 bits per heavy atom. The Kier molecular flexibility index (Phi) is 7.06. The molecule has 1 aliphatic heterocycles. The van der Waals surface area contributed by atoms with E-state index in [4.69, 9.17) is 9.15 Å². The van der Waals surface area contributed by atoms with Gasteiger partial charge in [-0.25, -0.2) is 4.79 Å². The van der Waals surface area contributed by atoms with Crippen LogP contribution in [0.1, 0.15) is 40.6 Å². The van der Waals surface area contributed by atoms with E-state index in [-0.39, 0.29) is 5.76 Å². The Balaban J connectivity index is 1.13. The van der Waals surface area contributed by atoms with Crippen molar-refractivity contribution in [3.63, 3.8) is 0 Å². The number of aromatic nitrogens is 1. The molecule has 1 saturated heterocycles. The number of nitrogens with zero attached hydrogens (tertiary/aromatic N) is 3. The van der Waals surface area contributed by atoms with E-state index in [1.165, 1.54) is 7.11 Å². The van der Waals surface area contributed by atoms with Crippen LogP contribution in [0.15, 0.2) is 58.1 Å². The van der Waals surface area contributed by atoms with E-state index in [0.29, 0.717) is 5.58 Å². The Morgan fingerprint density at radius 2 is 2.03 bits per heavy atom. The molecular formula is C28H32N4O4. The summed E-state index contributed by atoms with van der Waals surface area (Å²) in [5.74, 6) is -0.244. The molecule has 0 spiro atoms. The van der Waals surface area contributed by atoms with Gasteiger partial charge in [0.1, 0.15) is 5.58 Å².